The van der Waals surface area contributed by atoms with Crippen LogP contribution in [0.1, 0.15) is 12.0 Å². The highest BCUT2D eigenvalue weighted by Gasteiger charge is 2.34. The molecule has 2 atom stereocenters. The van der Waals surface area contributed by atoms with E-state index in [-0.39, 0.29) is 12.6 Å². The molecule has 1 saturated heterocycles. The van der Waals surface area contributed by atoms with Gasteiger partial charge in [-0.3, -0.25) is 0 Å². The van der Waals surface area contributed by atoms with Crippen molar-refractivity contribution < 1.29 is 14.6 Å². The maximum absolute atomic E-state index is 11.9. The number of hydrogen-bond acceptors (Lipinski definition) is 4. The maximum Gasteiger partial charge on any atom is 0.410 e. The normalized spacial score (nSPS) is 23.1. The molecule has 0 aliphatic carbocycles. The summed E-state index contributed by atoms with van der Waals surface area (Å²) >= 11 is 0. The van der Waals surface area contributed by atoms with E-state index < -0.39 is 12.2 Å². The topological polar surface area (TPSA) is 75.8 Å². The van der Waals surface area contributed by atoms with Gasteiger partial charge in [0.2, 0.25) is 0 Å². The Labute approximate surface area is 106 Å². The van der Waals surface area contributed by atoms with Crippen LogP contribution < -0.4 is 5.73 Å². The van der Waals surface area contributed by atoms with E-state index in [1.807, 2.05) is 30.3 Å². The van der Waals surface area contributed by atoms with Crippen molar-refractivity contribution in [3.8, 4) is 0 Å². The Balaban J connectivity index is 1.88. The van der Waals surface area contributed by atoms with Gasteiger partial charge < -0.3 is 20.5 Å². The Morgan fingerprint density at radius 1 is 1.44 bits per heavy atom. The van der Waals surface area contributed by atoms with Crippen LogP contribution in [0.25, 0.3) is 0 Å². The van der Waals surface area contributed by atoms with Crippen LogP contribution in [-0.2, 0) is 11.3 Å². The lowest BCUT2D eigenvalue weighted by atomic mass is 10.2. The molecule has 0 spiro atoms. The third-order valence-electron chi connectivity index (χ3n) is 3.10. The summed E-state index contributed by atoms with van der Waals surface area (Å²) in [5.74, 6) is 0. The Kier molecular flexibility index (Phi) is 4.17. The van der Waals surface area contributed by atoms with Crippen molar-refractivity contribution in [3.63, 3.8) is 0 Å². The number of hydrogen-bond donors (Lipinski definition) is 2. The first-order chi connectivity index (χ1) is 8.70. The fraction of sp³-hybridized carbons (Fsp3) is 0.462. The van der Waals surface area contributed by atoms with Crippen molar-refractivity contribution in [2.45, 2.75) is 25.2 Å². The Morgan fingerprint density at radius 3 is 2.83 bits per heavy atom. The van der Waals surface area contributed by atoms with Crippen LogP contribution in [0.4, 0.5) is 4.79 Å². The molecule has 1 amide bonds. The summed E-state index contributed by atoms with van der Waals surface area (Å²) < 4.78 is 5.21. The zero-order chi connectivity index (χ0) is 13.0. The van der Waals surface area contributed by atoms with Crippen molar-refractivity contribution in [2.24, 2.45) is 5.73 Å². The van der Waals surface area contributed by atoms with Gasteiger partial charge in [-0.05, 0) is 12.0 Å². The fourth-order valence-corrected chi connectivity index (χ4v) is 2.14. The van der Waals surface area contributed by atoms with Crippen LogP contribution in [0.15, 0.2) is 30.3 Å². The monoisotopic (exact) mass is 250 g/mol. The molecule has 0 unspecified atom stereocenters. The molecular formula is C13H18N2O3. The van der Waals surface area contributed by atoms with Crippen molar-refractivity contribution in [1.29, 1.82) is 0 Å². The smallest absolute Gasteiger partial charge is 0.410 e. The van der Waals surface area contributed by atoms with Crippen molar-refractivity contribution in [3.05, 3.63) is 35.9 Å². The average molecular weight is 250 g/mol. The van der Waals surface area contributed by atoms with Crippen LogP contribution in [0.5, 0.6) is 0 Å². The Hall–Kier alpha value is -1.59. The second-order valence-electron chi connectivity index (χ2n) is 4.47. The molecular weight excluding hydrogens is 232 g/mol. The quantitative estimate of drug-likeness (QED) is 0.828. The number of nitrogens with two attached hydrogens (primary N) is 1. The van der Waals surface area contributed by atoms with Gasteiger partial charge in [0.25, 0.3) is 0 Å². The molecule has 2 rings (SSSR count). The molecule has 1 aromatic rings. The minimum Gasteiger partial charge on any atom is -0.445 e. The highest BCUT2D eigenvalue weighted by molar-refractivity contribution is 5.68. The molecule has 5 nitrogen and oxygen atoms in total. The summed E-state index contributed by atoms with van der Waals surface area (Å²) in [7, 11) is 0. The molecule has 0 saturated carbocycles. The maximum atomic E-state index is 11.9. The summed E-state index contributed by atoms with van der Waals surface area (Å²) in [6.45, 7) is 0.885. The molecule has 1 heterocycles. The van der Waals surface area contributed by atoms with Gasteiger partial charge in [0, 0.05) is 12.6 Å². The summed E-state index contributed by atoms with van der Waals surface area (Å²) in [4.78, 5) is 13.4. The van der Waals surface area contributed by atoms with Gasteiger partial charge >= 0.3 is 6.09 Å². The number of carbonyl (C=O) groups excluding carboxylic acids is 1. The molecule has 1 fully saturated rings. The van der Waals surface area contributed by atoms with E-state index in [2.05, 4.69) is 0 Å². The molecule has 1 aliphatic heterocycles. The van der Waals surface area contributed by atoms with E-state index in [0.717, 1.165) is 5.56 Å². The summed E-state index contributed by atoms with van der Waals surface area (Å²) in [5, 5.41) is 9.53. The van der Waals surface area contributed by atoms with Crippen LogP contribution in [0.2, 0.25) is 0 Å². The lowest BCUT2D eigenvalue weighted by Crippen LogP contribution is -2.40. The van der Waals surface area contributed by atoms with Crippen LogP contribution in [0, 0.1) is 0 Å². The molecule has 5 heteroatoms. The lowest BCUT2D eigenvalue weighted by molar-refractivity contribution is 0.0885. The molecule has 1 aromatic carbocycles. The van der Waals surface area contributed by atoms with E-state index in [4.69, 9.17) is 10.5 Å². The van der Waals surface area contributed by atoms with Crippen molar-refractivity contribution in [2.75, 3.05) is 13.1 Å². The highest BCUT2D eigenvalue weighted by atomic mass is 16.6. The van der Waals surface area contributed by atoms with Crippen LogP contribution in [-0.4, -0.2) is 41.3 Å². The molecule has 98 valence electrons. The Bertz CT molecular complexity index is 396. The van der Waals surface area contributed by atoms with Gasteiger partial charge in [-0.2, -0.15) is 0 Å². The Morgan fingerprint density at radius 2 is 2.17 bits per heavy atom. The van der Waals surface area contributed by atoms with Gasteiger partial charge in [-0.1, -0.05) is 30.3 Å². The van der Waals surface area contributed by atoms with Gasteiger partial charge in [0.05, 0.1) is 12.6 Å². The second-order valence-corrected chi connectivity index (χ2v) is 4.47. The second kappa shape index (κ2) is 5.84. The summed E-state index contributed by atoms with van der Waals surface area (Å²) in [5.41, 5.74) is 6.51. The molecule has 0 bridgehead atoms. The van der Waals surface area contributed by atoms with Gasteiger partial charge in [-0.15, -0.1) is 0 Å². The number of benzene rings is 1. The summed E-state index contributed by atoms with van der Waals surface area (Å²) in [6, 6.07) is 9.37. The van der Waals surface area contributed by atoms with E-state index in [1.165, 1.54) is 4.90 Å². The predicted octanol–water partition coefficient (Wildman–Crippen LogP) is 0.717. The van der Waals surface area contributed by atoms with E-state index in [1.54, 1.807) is 0 Å². The molecule has 0 radical (unpaired) electrons. The molecule has 18 heavy (non-hydrogen) atoms. The highest BCUT2D eigenvalue weighted by Crippen LogP contribution is 2.18. The number of aliphatic hydroxyl groups excluding tert-OH is 1. The van der Waals surface area contributed by atoms with Gasteiger partial charge in [0.1, 0.15) is 6.61 Å². The predicted molar refractivity (Wildman–Crippen MR) is 66.8 cm³/mol. The zero-order valence-electron chi connectivity index (χ0n) is 10.2. The number of nitrogens with zero attached hydrogens (tertiary/aromatic N) is 1. The average Bonchev–Trinajstić information content (AvgIpc) is 2.78. The SMILES string of the molecule is NC[C@@H]1C[C@H](O)CN1C(=O)OCc1ccccc1. The fourth-order valence-electron chi connectivity index (χ4n) is 2.14. The zero-order valence-corrected chi connectivity index (χ0v) is 10.2. The van der Waals surface area contributed by atoms with E-state index in [0.29, 0.717) is 19.5 Å². The molecule has 3 N–H and O–H groups in total. The minimum atomic E-state index is -0.497. The molecule has 0 aromatic heterocycles. The lowest BCUT2D eigenvalue weighted by Gasteiger charge is -2.22. The number of carbonyl (C=O) groups is 1. The van der Waals surface area contributed by atoms with Crippen molar-refractivity contribution >= 4 is 6.09 Å². The third kappa shape index (κ3) is 3.00. The number of β-amino-alcohol motifs (C(OH)–C–C–N with tert-alkyl or cyclic N) is 1. The first-order valence-electron chi connectivity index (χ1n) is 6.06. The standard InChI is InChI=1S/C13H18N2O3/c14-7-11-6-12(16)8-15(11)13(17)18-9-10-4-2-1-3-5-10/h1-5,11-12,16H,6-9,14H2/t11-,12-/m0/s1. The number of amides is 1. The molecule has 1 aliphatic rings. The van der Waals surface area contributed by atoms with Gasteiger partial charge in [0.15, 0.2) is 0 Å². The van der Waals surface area contributed by atoms with Gasteiger partial charge in [-0.25, -0.2) is 4.79 Å². The number of ether oxygens (including phenoxy) is 1. The summed E-state index contributed by atoms with van der Waals surface area (Å²) in [6.07, 6.45) is -0.384. The number of aliphatic hydroxyl groups is 1. The van der Waals surface area contributed by atoms with Crippen LogP contribution >= 0.6 is 0 Å². The number of rotatable bonds is 3. The van der Waals surface area contributed by atoms with Crippen molar-refractivity contribution in [1.82, 2.24) is 4.90 Å². The van der Waals surface area contributed by atoms with E-state index >= 15 is 0 Å². The first-order valence-corrected chi connectivity index (χ1v) is 6.06. The minimum absolute atomic E-state index is 0.122. The first kappa shape index (κ1) is 12.9. The number of likely N-dealkylation sites (tertiary alicyclic amines) is 1. The van der Waals surface area contributed by atoms with E-state index in [9.17, 15) is 9.90 Å². The van der Waals surface area contributed by atoms with Crippen LogP contribution in [0.3, 0.4) is 0 Å². The largest absolute Gasteiger partial charge is 0.445 e. The third-order valence-corrected chi connectivity index (χ3v) is 3.10.